The SMILES string of the molecule is O=C(C(Cl)Cl)C(CCl)(CCl)CCl. The van der Waals surface area contributed by atoms with Crippen LogP contribution in [-0.2, 0) is 4.79 Å². The van der Waals surface area contributed by atoms with Gasteiger partial charge in [-0.25, -0.2) is 0 Å². The Morgan fingerprint density at radius 2 is 1.42 bits per heavy atom. The van der Waals surface area contributed by atoms with Crippen LogP contribution < -0.4 is 0 Å². The fourth-order valence-corrected chi connectivity index (χ4v) is 2.25. The fourth-order valence-electron chi connectivity index (χ4n) is 0.536. The van der Waals surface area contributed by atoms with E-state index in [9.17, 15) is 4.79 Å². The van der Waals surface area contributed by atoms with E-state index < -0.39 is 16.0 Å². The molecule has 0 aliphatic heterocycles. The van der Waals surface area contributed by atoms with Crippen LogP contribution in [0.2, 0.25) is 0 Å². The normalized spacial score (nSPS) is 12.2. The predicted octanol–water partition coefficient (Wildman–Crippen LogP) is 3.06. The van der Waals surface area contributed by atoms with Crippen molar-refractivity contribution in [1.82, 2.24) is 0 Å². The third-order valence-corrected chi connectivity index (χ3v) is 3.42. The molecule has 0 aromatic rings. The average molecular weight is 272 g/mol. The average Bonchev–Trinajstić information content (AvgIpc) is 2.08. The first-order valence-electron chi connectivity index (χ1n) is 3.04. The molecule has 6 heteroatoms. The molecule has 0 heterocycles. The van der Waals surface area contributed by atoms with Crippen molar-refractivity contribution >= 4 is 63.8 Å². The summed E-state index contributed by atoms with van der Waals surface area (Å²) in [4.78, 5) is 10.2. The second-order valence-corrected chi connectivity index (χ2v) is 4.24. The van der Waals surface area contributed by atoms with Crippen molar-refractivity contribution in [3.05, 3.63) is 0 Å². The Kier molecular flexibility index (Phi) is 6.31. The Morgan fingerprint density at radius 3 is 1.50 bits per heavy atom. The van der Waals surface area contributed by atoms with Gasteiger partial charge in [0.15, 0.2) is 10.6 Å². The van der Waals surface area contributed by atoms with Crippen LogP contribution >= 0.6 is 58.0 Å². The van der Waals surface area contributed by atoms with E-state index in [1.165, 1.54) is 0 Å². The second-order valence-electron chi connectivity index (χ2n) is 2.35. The van der Waals surface area contributed by atoms with Crippen LogP contribution in [0.5, 0.6) is 0 Å². The van der Waals surface area contributed by atoms with Gasteiger partial charge in [0.05, 0.1) is 5.41 Å². The van der Waals surface area contributed by atoms with Crippen LogP contribution in [0.15, 0.2) is 0 Å². The van der Waals surface area contributed by atoms with E-state index in [1.807, 2.05) is 0 Å². The monoisotopic (exact) mass is 270 g/mol. The first-order valence-corrected chi connectivity index (χ1v) is 5.52. The molecule has 0 saturated carbocycles. The highest BCUT2D eigenvalue weighted by Crippen LogP contribution is 2.28. The van der Waals surface area contributed by atoms with Crippen molar-refractivity contribution in [1.29, 1.82) is 0 Å². The molecule has 0 atom stereocenters. The van der Waals surface area contributed by atoms with Gasteiger partial charge in [-0.2, -0.15) is 0 Å². The largest absolute Gasteiger partial charge is 0.296 e. The highest BCUT2D eigenvalue weighted by Gasteiger charge is 2.39. The molecule has 0 radical (unpaired) electrons. The zero-order chi connectivity index (χ0) is 9.78. The summed E-state index contributed by atoms with van der Waals surface area (Å²) in [5.74, 6) is -0.357. The van der Waals surface area contributed by atoms with Crippen LogP contribution in [0, 0.1) is 5.41 Å². The van der Waals surface area contributed by atoms with Gasteiger partial charge in [0.1, 0.15) is 0 Å². The molecule has 0 aromatic heterocycles. The third-order valence-electron chi connectivity index (χ3n) is 1.49. The number of halogens is 5. The van der Waals surface area contributed by atoms with Gasteiger partial charge in [-0.1, -0.05) is 23.2 Å². The first kappa shape index (κ1) is 13.1. The number of hydrogen-bond donors (Lipinski definition) is 0. The number of ketones is 1. The number of carbonyl (C=O) groups excluding carboxylic acids is 1. The van der Waals surface area contributed by atoms with Crippen LogP contribution in [0.25, 0.3) is 0 Å². The molecule has 12 heavy (non-hydrogen) atoms. The lowest BCUT2D eigenvalue weighted by Gasteiger charge is -2.25. The Labute approximate surface area is 96.2 Å². The van der Waals surface area contributed by atoms with Crippen molar-refractivity contribution in [3.8, 4) is 0 Å². The summed E-state index contributed by atoms with van der Waals surface area (Å²) < 4.78 is 0. The van der Waals surface area contributed by atoms with E-state index in [0.29, 0.717) is 0 Å². The molecule has 0 unspecified atom stereocenters. The smallest absolute Gasteiger partial charge is 0.175 e. The number of carbonyl (C=O) groups is 1. The van der Waals surface area contributed by atoms with Crippen molar-refractivity contribution in [2.24, 2.45) is 5.41 Å². The first-order chi connectivity index (χ1) is 5.54. The Bertz CT molecular complexity index is 146. The minimum absolute atomic E-state index is 0.0226. The number of hydrogen-bond acceptors (Lipinski definition) is 1. The minimum atomic E-state index is -1.12. The molecule has 0 rings (SSSR count). The molecular weight excluding hydrogens is 265 g/mol. The zero-order valence-corrected chi connectivity index (χ0v) is 9.78. The predicted molar refractivity (Wildman–Crippen MR) is 55.1 cm³/mol. The van der Waals surface area contributed by atoms with E-state index in [4.69, 9.17) is 58.0 Å². The van der Waals surface area contributed by atoms with Crippen molar-refractivity contribution < 1.29 is 4.79 Å². The second kappa shape index (κ2) is 5.77. The molecule has 0 aliphatic rings. The lowest BCUT2D eigenvalue weighted by atomic mass is 9.91. The Hall–Kier alpha value is 1.12. The van der Waals surface area contributed by atoms with Gasteiger partial charge in [-0.15, -0.1) is 34.8 Å². The topological polar surface area (TPSA) is 17.1 Å². The van der Waals surface area contributed by atoms with Crippen molar-refractivity contribution in [2.75, 3.05) is 17.6 Å². The number of alkyl halides is 5. The summed E-state index contributed by atoms with van der Waals surface area (Å²) >= 11 is 27.4. The van der Waals surface area contributed by atoms with Crippen LogP contribution in [0.1, 0.15) is 0 Å². The van der Waals surface area contributed by atoms with E-state index in [2.05, 4.69) is 0 Å². The summed E-state index contributed by atoms with van der Waals surface area (Å²) in [5, 5.41) is 0. The summed E-state index contributed by atoms with van der Waals surface area (Å²) in [5.41, 5.74) is -1.00. The molecule has 72 valence electrons. The van der Waals surface area contributed by atoms with E-state index in [-0.39, 0.29) is 17.6 Å². The van der Waals surface area contributed by atoms with Gasteiger partial charge < -0.3 is 0 Å². The van der Waals surface area contributed by atoms with Crippen LogP contribution in [-0.4, -0.2) is 28.3 Å². The molecule has 0 aromatic carbocycles. The lowest BCUT2D eigenvalue weighted by Crippen LogP contribution is -2.40. The standard InChI is InChI=1S/C6H7Cl5O/c7-1-6(2-8,3-9)4(12)5(10)11/h5H,1-3H2. The van der Waals surface area contributed by atoms with E-state index in [1.54, 1.807) is 0 Å². The van der Waals surface area contributed by atoms with Gasteiger partial charge in [-0.3, -0.25) is 4.79 Å². The van der Waals surface area contributed by atoms with Crippen molar-refractivity contribution in [2.45, 2.75) is 4.84 Å². The van der Waals surface area contributed by atoms with Crippen molar-refractivity contribution in [3.63, 3.8) is 0 Å². The van der Waals surface area contributed by atoms with Crippen LogP contribution in [0.4, 0.5) is 0 Å². The summed E-state index contributed by atoms with van der Waals surface area (Å²) in [6, 6.07) is 0. The highest BCUT2D eigenvalue weighted by atomic mass is 35.5. The lowest BCUT2D eigenvalue weighted by molar-refractivity contribution is -0.123. The molecule has 1 nitrogen and oxygen atoms in total. The van der Waals surface area contributed by atoms with Gasteiger partial charge in [0.25, 0.3) is 0 Å². The summed E-state index contributed by atoms with van der Waals surface area (Å²) in [6.45, 7) is 0. The minimum Gasteiger partial charge on any atom is -0.296 e. The maximum Gasteiger partial charge on any atom is 0.175 e. The van der Waals surface area contributed by atoms with Gasteiger partial charge in [-0.05, 0) is 0 Å². The maximum absolute atomic E-state index is 11.3. The Morgan fingerprint density at radius 1 is 1.08 bits per heavy atom. The Balaban J connectivity index is 4.59. The highest BCUT2D eigenvalue weighted by molar-refractivity contribution is 6.55. The zero-order valence-electron chi connectivity index (χ0n) is 6.00. The van der Waals surface area contributed by atoms with Gasteiger partial charge in [0, 0.05) is 17.6 Å². The molecule has 0 fully saturated rings. The molecule has 0 saturated heterocycles. The summed E-state index contributed by atoms with van der Waals surface area (Å²) in [6.07, 6.45) is 0. The molecule has 0 aliphatic carbocycles. The maximum atomic E-state index is 11.3. The quantitative estimate of drug-likeness (QED) is 0.703. The molecule has 0 N–H and O–H groups in total. The number of rotatable bonds is 5. The van der Waals surface area contributed by atoms with Gasteiger partial charge >= 0.3 is 0 Å². The molecular formula is C6H7Cl5O. The van der Waals surface area contributed by atoms with E-state index >= 15 is 0 Å². The molecule has 0 bridgehead atoms. The van der Waals surface area contributed by atoms with Crippen LogP contribution in [0.3, 0.4) is 0 Å². The van der Waals surface area contributed by atoms with E-state index in [0.717, 1.165) is 0 Å². The third kappa shape index (κ3) is 2.81. The summed E-state index contributed by atoms with van der Waals surface area (Å²) in [7, 11) is 0. The fraction of sp³-hybridized carbons (Fsp3) is 0.833. The molecule has 0 spiro atoms. The number of Topliss-reactive ketones (excluding diaryl/α,β-unsaturated/α-hetero) is 1. The van der Waals surface area contributed by atoms with Gasteiger partial charge in [0.2, 0.25) is 0 Å². The molecule has 0 amide bonds.